The van der Waals surface area contributed by atoms with Crippen molar-refractivity contribution in [2.24, 2.45) is 22.2 Å². The Labute approximate surface area is 214 Å². The number of anilines is 2. The average Bonchev–Trinajstić information content (AvgIpc) is 3.39. The largest absolute Gasteiger partial charge is 0.408 e. The van der Waals surface area contributed by atoms with Crippen molar-refractivity contribution < 1.29 is 13.2 Å². The molecule has 16 heteroatoms. The van der Waals surface area contributed by atoms with E-state index in [0.29, 0.717) is 34.8 Å². The van der Waals surface area contributed by atoms with Crippen LogP contribution in [0.5, 0.6) is 0 Å². The molecule has 0 aliphatic heterocycles. The van der Waals surface area contributed by atoms with Crippen molar-refractivity contribution in [1.29, 1.82) is 5.41 Å². The van der Waals surface area contributed by atoms with Crippen LogP contribution in [0.3, 0.4) is 0 Å². The summed E-state index contributed by atoms with van der Waals surface area (Å²) in [5.41, 5.74) is 18.5. The standard InChI is InChI=1S/C19H29F3N10S3/c1-2-13(7-12-9-35-17(29-12)30-14(23)24)32(16(26)33)6-4-3-5-11-8-34-18(28-11)31-15(25)27-10-19(20,21)22/h8-9,13H,2-7,10H2,1H3,(H2,26,33)(H4,23,24,29,30)(H3,25,27,28,31). The second kappa shape index (κ2) is 13.4. The molecule has 0 spiro atoms. The first-order valence-electron chi connectivity index (χ1n) is 10.7. The lowest BCUT2D eigenvalue weighted by Crippen LogP contribution is -2.45. The number of nitrogens with two attached hydrogens (primary N) is 3. The van der Waals surface area contributed by atoms with E-state index in [2.05, 4.69) is 32.5 Å². The van der Waals surface area contributed by atoms with E-state index in [1.165, 1.54) is 22.7 Å². The van der Waals surface area contributed by atoms with E-state index in [-0.39, 0.29) is 18.0 Å². The molecule has 0 bridgehead atoms. The fourth-order valence-electron chi connectivity index (χ4n) is 3.15. The first-order chi connectivity index (χ1) is 16.5. The highest BCUT2D eigenvalue weighted by atomic mass is 32.1. The average molecular weight is 551 g/mol. The van der Waals surface area contributed by atoms with Crippen LogP contribution in [0.1, 0.15) is 37.6 Å². The highest BCUT2D eigenvalue weighted by molar-refractivity contribution is 7.80. The number of rotatable bonds is 12. The number of nitrogens with one attached hydrogen (secondary N) is 3. The van der Waals surface area contributed by atoms with Crippen LogP contribution in [0.15, 0.2) is 15.8 Å². The molecule has 2 aromatic heterocycles. The van der Waals surface area contributed by atoms with E-state index in [4.69, 9.17) is 34.8 Å². The molecule has 10 nitrogen and oxygen atoms in total. The Bertz CT molecular complexity index is 1000. The van der Waals surface area contributed by atoms with Crippen LogP contribution in [0.25, 0.3) is 0 Å². The van der Waals surface area contributed by atoms with Gasteiger partial charge in [-0.15, -0.1) is 22.7 Å². The summed E-state index contributed by atoms with van der Waals surface area (Å²) in [6.45, 7) is 1.38. The lowest BCUT2D eigenvalue weighted by Gasteiger charge is -2.31. The van der Waals surface area contributed by atoms with Crippen molar-refractivity contribution in [2.45, 2.75) is 51.2 Å². The van der Waals surface area contributed by atoms with E-state index < -0.39 is 12.7 Å². The summed E-state index contributed by atoms with van der Waals surface area (Å²) in [6.07, 6.45) is -0.610. The Balaban J connectivity index is 1.83. The number of unbranched alkanes of at least 4 members (excludes halogenated alkanes) is 1. The predicted octanol–water partition coefficient (Wildman–Crippen LogP) is 3.08. The summed E-state index contributed by atoms with van der Waals surface area (Å²) in [5, 5.41) is 17.6. The molecule has 0 amide bonds. The molecule has 0 radical (unpaired) electrons. The maximum atomic E-state index is 12.2. The van der Waals surface area contributed by atoms with Crippen LogP contribution in [0, 0.1) is 5.41 Å². The topological polar surface area (TPSA) is 167 Å². The van der Waals surface area contributed by atoms with Crippen molar-refractivity contribution in [3.63, 3.8) is 0 Å². The molecule has 35 heavy (non-hydrogen) atoms. The van der Waals surface area contributed by atoms with E-state index in [1.54, 1.807) is 0 Å². The van der Waals surface area contributed by atoms with Crippen LogP contribution in [-0.4, -0.2) is 57.2 Å². The highest BCUT2D eigenvalue weighted by Gasteiger charge is 2.26. The van der Waals surface area contributed by atoms with Gasteiger partial charge in [-0.1, -0.05) is 6.92 Å². The van der Waals surface area contributed by atoms with Gasteiger partial charge in [0.05, 0.1) is 11.4 Å². The summed E-state index contributed by atoms with van der Waals surface area (Å²) in [4.78, 5) is 14.0. The molecule has 1 atom stereocenters. The number of nitrogens with zero attached hydrogens (tertiary/aromatic N) is 4. The monoisotopic (exact) mass is 550 g/mol. The molecule has 2 rings (SSSR count). The lowest BCUT2D eigenvalue weighted by molar-refractivity contribution is -0.118. The molecule has 0 saturated heterocycles. The van der Waals surface area contributed by atoms with Gasteiger partial charge in [0.15, 0.2) is 27.3 Å². The molecule has 0 aliphatic carbocycles. The Morgan fingerprint density at radius 2 is 1.77 bits per heavy atom. The Morgan fingerprint density at radius 1 is 1.14 bits per heavy atom. The predicted molar refractivity (Wildman–Crippen MR) is 140 cm³/mol. The zero-order valence-electron chi connectivity index (χ0n) is 19.1. The summed E-state index contributed by atoms with van der Waals surface area (Å²) in [6, 6.07) is 0.0776. The molecular formula is C19H29F3N10S3. The number of alkyl halides is 3. The van der Waals surface area contributed by atoms with Crippen molar-refractivity contribution >= 4 is 62.2 Å². The zero-order valence-corrected chi connectivity index (χ0v) is 21.5. The van der Waals surface area contributed by atoms with Gasteiger partial charge in [0.2, 0.25) is 0 Å². The molecule has 2 heterocycles. The van der Waals surface area contributed by atoms with Gasteiger partial charge < -0.3 is 32.7 Å². The van der Waals surface area contributed by atoms with Crippen LogP contribution in [-0.2, 0) is 12.8 Å². The molecule has 0 aliphatic rings. The van der Waals surface area contributed by atoms with Gasteiger partial charge in [-0.05, 0) is 37.9 Å². The zero-order chi connectivity index (χ0) is 26.0. The summed E-state index contributed by atoms with van der Waals surface area (Å²) in [7, 11) is 0. The maximum absolute atomic E-state index is 12.2. The minimum absolute atomic E-state index is 0.0776. The second-order valence-corrected chi connectivity index (χ2v) is 9.66. The first-order valence-corrected chi connectivity index (χ1v) is 12.8. The molecule has 2 aromatic rings. The van der Waals surface area contributed by atoms with Gasteiger partial charge in [0, 0.05) is 29.8 Å². The molecule has 0 saturated carbocycles. The van der Waals surface area contributed by atoms with Crippen LogP contribution >= 0.6 is 34.9 Å². The number of thiocarbonyl (C=S) groups is 1. The molecule has 0 aromatic carbocycles. The van der Waals surface area contributed by atoms with Gasteiger partial charge in [-0.3, -0.25) is 5.41 Å². The van der Waals surface area contributed by atoms with E-state index >= 15 is 0 Å². The van der Waals surface area contributed by atoms with Gasteiger partial charge in [0.1, 0.15) is 6.54 Å². The Kier molecular flexibility index (Phi) is 10.9. The third-order valence-corrected chi connectivity index (χ3v) is 6.58. The van der Waals surface area contributed by atoms with Crippen molar-refractivity contribution in [2.75, 3.05) is 23.7 Å². The Morgan fingerprint density at radius 3 is 2.37 bits per heavy atom. The quantitative estimate of drug-likeness (QED) is 0.101. The summed E-state index contributed by atoms with van der Waals surface area (Å²) < 4.78 is 36.7. The lowest BCUT2D eigenvalue weighted by atomic mass is 10.1. The number of halogens is 3. The summed E-state index contributed by atoms with van der Waals surface area (Å²) in [5.74, 6) is -0.492. The fraction of sp³-hybridized carbons (Fsp3) is 0.526. The minimum Gasteiger partial charge on any atom is -0.376 e. The van der Waals surface area contributed by atoms with Gasteiger partial charge in [-0.25, -0.2) is 15.0 Å². The third-order valence-electron chi connectivity index (χ3n) is 4.73. The maximum Gasteiger partial charge on any atom is 0.408 e. The molecule has 194 valence electrons. The third kappa shape index (κ3) is 10.6. The highest BCUT2D eigenvalue weighted by Crippen LogP contribution is 2.21. The van der Waals surface area contributed by atoms with Crippen molar-refractivity contribution in [3.8, 4) is 0 Å². The number of aromatic nitrogens is 2. The van der Waals surface area contributed by atoms with Gasteiger partial charge in [-0.2, -0.15) is 13.2 Å². The van der Waals surface area contributed by atoms with Gasteiger partial charge in [0.25, 0.3) is 0 Å². The molecular weight excluding hydrogens is 521 g/mol. The van der Waals surface area contributed by atoms with E-state index in [0.717, 1.165) is 30.7 Å². The number of thiazole rings is 2. The van der Waals surface area contributed by atoms with Gasteiger partial charge >= 0.3 is 6.18 Å². The number of aryl methyl sites for hydroxylation is 1. The molecule has 9 N–H and O–H groups in total. The minimum atomic E-state index is -4.41. The normalized spacial score (nSPS) is 12.9. The van der Waals surface area contributed by atoms with E-state index in [1.807, 2.05) is 15.7 Å². The first kappa shape index (κ1) is 28.5. The van der Waals surface area contributed by atoms with E-state index in [9.17, 15) is 13.2 Å². The Hall–Kier alpha value is -2.72. The number of aliphatic imine (C=N–C) groups is 1. The molecule has 1 unspecified atom stereocenters. The summed E-state index contributed by atoms with van der Waals surface area (Å²) >= 11 is 7.91. The fourth-order valence-corrected chi connectivity index (χ4v) is 4.88. The smallest absolute Gasteiger partial charge is 0.376 e. The number of guanidine groups is 2. The second-order valence-electron chi connectivity index (χ2n) is 7.52. The number of hydrogen-bond acceptors (Lipinski definition) is 7. The van der Waals surface area contributed by atoms with Crippen molar-refractivity contribution in [3.05, 3.63) is 22.1 Å². The SMILES string of the molecule is CCC(Cc1csc(NC(=N)N)n1)N(CCCCc1csc(NC(N)=NCC(F)(F)F)n1)C(N)=S. The van der Waals surface area contributed by atoms with Crippen molar-refractivity contribution in [1.82, 2.24) is 14.9 Å². The molecule has 0 fully saturated rings. The number of hydrogen-bond donors (Lipinski definition) is 6. The van der Waals surface area contributed by atoms with Crippen LogP contribution in [0.2, 0.25) is 0 Å². The van der Waals surface area contributed by atoms with Crippen LogP contribution < -0.4 is 27.8 Å². The van der Waals surface area contributed by atoms with Crippen LogP contribution in [0.4, 0.5) is 23.4 Å².